The maximum Gasteiger partial charge on any atom is 0.257 e. The van der Waals surface area contributed by atoms with Gasteiger partial charge < -0.3 is 10.1 Å². The smallest absolute Gasteiger partial charge is 0.257 e. The van der Waals surface area contributed by atoms with Crippen LogP contribution in [0.3, 0.4) is 0 Å². The lowest BCUT2D eigenvalue weighted by molar-refractivity contribution is -0.123. The van der Waals surface area contributed by atoms with E-state index in [4.69, 9.17) is 16.3 Å². The first-order valence-electron chi connectivity index (χ1n) is 5.29. The number of nitrogens with one attached hydrogen (secondary N) is 1. The summed E-state index contributed by atoms with van der Waals surface area (Å²) in [7, 11) is 0. The minimum atomic E-state index is -0.101. The van der Waals surface area contributed by atoms with Crippen molar-refractivity contribution in [2.75, 3.05) is 13.2 Å². The van der Waals surface area contributed by atoms with Gasteiger partial charge in [0.05, 0.1) is 0 Å². The quantitative estimate of drug-likeness (QED) is 0.861. The van der Waals surface area contributed by atoms with Crippen LogP contribution in [0.25, 0.3) is 0 Å². The Labute approximate surface area is 101 Å². The molecular weight excluding hydrogens is 226 g/mol. The van der Waals surface area contributed by atoms with E-state index in [-0.39, 0.29) is 12.5 Å². The van der Waals surface area contributed by atoms with E-state index in [1.54, 1.807) is 18.2 Å². The van der Waals surface area contributed by atoms with Crippen LogP contribution in [0.1, 0.15) is 18.9 Å². The Bertz CT molecular complexity index is 366. The van der Waals surface area contributed by atoms with Gasteiger partial charge in [-0.15, -0.1) is 0 Å². The van der Waals surface area contributed by atoms with Crippen molar-refractivity contribution in [3.05, 3.63) is 28.8 Å². The van der Waals surface area contributed by atoms with Crippen molar-refractivity contribution in [3.63, 3.8) is 0 Å². The normalized spacial score (nSPS) is 9.94. The molecule has 0 atom stereocenters. The molecule has 0 saturated carbocycles. The van der Waals surface area contributed by atoms with E-state index in [2.05, 4.69) is 5.32 Å². The van der Waals surface area contributed by atoms with E-state index in [1.807, 2.05) is 13.8 Å². The van der Waals surface area contributed by atoms with E-state index in [1.165, 1.54) is 0 Å². The molecule has 88 valence electrons. The number of aryl methyl sites for hydroxylation is 1. The molecule has 0 aliphatic carbocycles. The lowest BCUT2D eigenvalue weighted by Gasteiger charge is -2.09. The van der Waals surface area contributed by atoms with Gasteiger partial charge in [-0.1, -0.05) is 18.5 Å². The van der Waals surface area contributed by atoms with Crippen LogP contribution < -0.4 is 10.1 Å². The van der Waals surface area contributed by atoms with Crippen molar-refractivity contribution >= 4 is 17.5 Å². The van der Waals surface area contributed by atoms with Gasteiger partial charge in [0.2, 0.25) is 0 Å². The third kappa shape index (κ3) is 4.11. The number of benzene rings is 1. The fourth-order valence-electron chi connectivity index (χ4n) is 1.23. The number of carbonyl (C=O) groups is 1. The van der Waals surface area contributed by atoms with Crippen molar-refractivity contribution in [3.8, 4) is 5.75 Å². The molecule has 0 radical (unpaired) electrons. The van der Waals surface area contributed by atoms with Crippen LogP contribution in [0.15, 0.2) is 18.2 Å². The van der Waals surface area contributed by atoms with E-state index in [0.29, 0.717) is 17.3 Å². The standard InChI is InChI=1S/C12H16ClNO2/c1-3-6-14-12(15)8-16-11-5-4-10(13)7-9(11)2/h4-5,7H,3,6,8H2,1-2H3,(H,14,15). The molecule has 0 bridgehead atoms. The third-order valence-corrected chi connectivity index (χ3v) is 2.30. The van der Waals surface area contributed by atoms with Crippen LogP contribution in [-0.2, 0) is 4.79 Å². The fourth-order valence-corrected chi connectivity index (χ4v) is 1.46. The summed E-state index contributed by atoms with van der Waals surface area (Å²) in [5.41, 5.74) is 0.927. The minimum Gasteiger partial charge on any atom is -0.484 e. The number of carbonyl (C=O) groups excluding carboxylic acids is 1. The molecule has 0 heterocycles. The summed E-state index contributed by atoms with van der Waals surface area (Å²) in [4.78, 5) is 11.3. The van der Waals surface area contributed by atoms with Crippen LogP contribution in [0, 0.1) is 6.92 Å². The van der Waals surface area contributed by atoms with Gasteiger partial charge in [0.25, 0.3) is 5.91 Å². The number of hydrogen-bond donors (Lipinski definition) is 1. The molecule has 0 aliphatic heterocycles. The topological polar surface area (TPSA) is 38.3 Å². The number of hydrogen-bond acceptors (Lipinski definition) is 2. The molecule has 1 rings (SSSR count). The van der Waals surface area contributed by atoms with Gasteiger partial charge in [-0.05, 0) is 37.1 Å². The van der Waals surface area contributed by atoms with Crippen LogP contribution in [-0.4, -0.2) is 19.1 Å². The highest BCUT2D eigenvalue weighted by atomic mass is 35.5. The van der Waals surface area contributed by atoms with Gasteiger partial charge in [0.15, 0.2) is 6.61 Å². The lowest BCUT2D eigenvalue weighted by atomic mass is 10.2. The highest BCUT2D eigenvalue weighted by Crippen LogP contribution is 2.21. The summed E-state index contributed by atoms with van der Waals surface area (Å²) < 4.78 is 5.38. The van der Waals surface area contributed by atoms with Crippen molar-refractivity contribution in [1.82, 2.24) is 5.32 Å². The summed E-state index contributed by atoms with van der Waals surface area (Å²) in [6.45, 7) is 4.62. The van der Waals surface area contributed by atoms with Crippen molar-refractivity contribution < 1.29 is 9.53 Å². The Hall–Kier alpha value is -1.22. The van der Waals surface area contributed by atoms with Gasteiger partial charge in [0.1, 0.15) is 5.75 Å². The van der Waals surface area contributed by atoms with Gasteiger partial charge in [-0.3, -0.25) is 4.79 Å². The first kappa shape index (κ1) is 12.8. The van der Waals surface area contributed by atoms with Crippen molar-refractivity contribution in [1.29, 1.82) is 0 Å². The second-order valence-corrected chi connectivity index (χ2v) is 3.98. The predicted octanol–water partition coefficient (Wildman–Crippen LogP) is 2.55. The molecule has 16 heavy (non-hydrogen) atoms. The van der Waals surface area contributed by atoms with Crippen LogP contribution in [0.2, 0.25) is 5.02 Å². The molecule has 1 aromatic rings. The molecule has 0 unspecified atom stereocenters. The largest absolute Gasteiger partial charge is 0.484 e. The zero-order valence-corrected chi connectivity index (χ0v) is 10.3. The van der Waals surface area contributed by atoms with Crippen LogP contribution in [0.5, 0.6) is 5.75 Å². The molecule has 0 aliphatic rings. The zero-order chi connectivity index (χ0) is 12.0. The minimum absolute atomic E-state index is 0.0441. The highest BCUT2D eigenvalue weighted by molar-refractivity contribution is 6.30. The molecule has 0 fully saturated rings. The maximum atomic E-state index is 11.3. The molecule has 4 heteroatoms. The van der Waals surface area contributed by atoms with Crippen molar-refractivity contribution in [2.24, 2.45) is 0 Å². The number of ether oxygens (including phenoxy) is 1. The second-order valence-electron chi connectivity index (χ2n) is 3.55. The van der Waals surface area contributed by atoms with E-state index >= 15 is 0 Å². The molecule has 1 amide bonds. The molecule has 0 saturated heterocycles. The summed E-state index contributed by atoms with van der Waals surface area (Å²) in [6.07, 6.45) is 0.922. The Kier molecular flexibility index (Phi) is 5.12. The Morgan fingerprint density at radius 2 is 2.25 bits per heavy atom. The maximum absolute atomic E-state index is 11.3. The monoisotopic (exact) mass is 241 g/mol. The third-order valence-electron chi connectivity index (χ3n) is 2.07. The SMILES string of the molecule is CCCNC(=O)COc1ccc(Cl)cc1C. The number of halogens is 1. The lowest BCUT2D eigenvalue weighted by Crippen LogP contribution is -2.29. The number of amides is 1. The van der Waals surface area contributed by atoms with Gasteiger partial charge >= 0.3 is 0 Å². The summed E-state index contributed by atoms with van der Waals surface area (Å²) in [5, 5.41) is 3.41. The average Bonchev–Trinajstić information content (AvgIpc) is 2.25. The van der Waals surface area contributed by atoms with Gasteiger partial charge in [0, 0.05) is 11.6 Å². The zero-order valence-electron chi connectivity index (χ0n) is 9.55. The molecule has 3 nitrogen and oxygen atoms in total. The van der Waals surface area contributed by atoms with E-state index in [0.717, 1.165) is 12.0 Å². The number of rotatable bonds is 5. The van der Waals surface area contributed by atoms with Gasteiger partial charge in [-0.25, -0.2) is 0 Å². The van der Waals surface area contributed by atoms with Crippen molar-refractivity contribution in [2.45, 2.75) is 20.3 Å². The van der Waals surface area contributed by atoms with Gasteiger partial charge in [-0.2, -0.15) is 0 Å². The van der Waals surface area contributed by atoms with Crippen LogP contribution in [0.4, 0.5) is 0 Å². The first-order valence-corrected chi connectivity index (χ1v) is 5.67. The Morgan fingerprint density at radius 1 is 1.50 bits per heavy atom. The fraction of sp³-hybridized carbons (Fsp3) is 0.417. The predicted molar refractivity (Wildman–Crippen MR) is 65.0 cm³/mol. The Balaban J connectivity index is 2.45. The summed E-state index contributed by atoms with van der Waals surface area (Å²) in [5.74, 6) is 0.590. The molecular formula is C12H16ClNO2. The molecule has 0 spiro atoms. The summed E-state index contributed by atoms with van der Waals surface area (Å²) >= 11 is 5.81. The average molecular weight is 242 g/mol. The second kappa shape index (κ2) is 6.38. The van der Waals surface area contributed by atoms with Crippen LogP contribution >= 0.6 is 11.6 Å². The molecule has 0 aromatic heterocycles. The Morgan fingerprint density at radius 3 is 2.88 bits per heavy atom. The highest BCUT2D eigenvalue weighted by Gasteiger charge is 2.04. The first-order chi connectivity index (χ1) is 7.63. The molecule has 1 aromatic carbocycles. The summed E-state index contributed by atoms with van der Waals surface area (Å²) in [6, 6.07) is 5.32. The van der Waals surface area contributed by atoms with E-state index in [9.17, 15) is 4.79 Å². The van der Waals surface area contributed by atoms with E-state index < -0.39 is 0 Å². The molecule has 1 N–H and O–H groups in total.